The van der Waals surface area contributed by atoms with E-state index in [0.717, 1.165) is 41.2 Å². The number of pyridine rings is 1. The first-order valence-electron chi connectivity index (χ1n) is 13.7. The van der Waals surface area contributed by atoms with Crippen LogP contribution in [0.2, 0.25) is 0 Å². The van der Waals surface area contributed by atoms with Gasteiger partial charge in [0.1, 0.15) is 5.82 Å². The number of Topliss-reactive ketones (excluding diaryl/α,β-unsaturated/α-hetero) is 1. The van der Waals surface area contributed by atoms with Crippen molar-refractivity contribution in [3.8, 4) is 11.1 Å². The van der Waals surface area contributed by atoms with Gasteiger partial charge in [-0.05, 0) is 66.3 Å². The van der Waals surface area contributed by atoms with E-state index >= 15 is 0 Å². The highest BCUT2D eigenvalue weighted by atomic mass is 16.2. The van der Waals surface area contributed by atoms with Crippen LogP contribution in [-0.2, 0) is 13.5 Å². The average molecular weight is 520 g/mol. The highest BCUT2D eigenvalue weighted by molar-refractivity contribution is 5.99. The second-order valence-electron chi connectivity index (χ2n) is 10.8. The lowest BCUT2D eigenvalue weighted by atomic mass is 9.89. The topological polar surface area (TPSA) is 71.3 Å². The maximum Gasteiger partial charge on any atom is 0.253 e. The van der Waals surface area contributed by atoms with Crippen LogP contribution in [-0.4, -0.2) is 57.5 Å². The first-order chi connectivity index (χ1) is 18.9. The third kappa shape index (κ3) is 5.21. The molecule has 39 heavy (non-hydrogen) atoms. The Balaban J connectivity index is 1.08. The lowest BCUT2D eigenvalue weighted by Crippen LogP contribution is -2.48. The monoisotopic (exact) mass is 519 g/mol. The minimum atomic E-state index is 0.0157. The van der Waals surface area contributed by atoms with Gasteiger partial charge in [0.25, 0.3) is 5.91 Å². The van der Waals surface area contributed by atoms with Gasteiger partial charge in [0, 0.05) is 74.6 Å². The minimum Gasteiger partial charge on any atom is -0.357 e. The number of aromatic nitrogens is 3. The van der Waals surface area contributed by atoms with E-state index < -0.39 is 0 Å². The molecule has 6 rings (SSSR count). The number of carbonyl (C=O) groups excluding carboxylic acids is 2. The standard InChI is InChI=1S/C32H33N5O2/c1-22-5-6-25(15-27(22)16-30(38)26-11-12-31(33-17-26)36-13-3-4-14-36)32(39)37-20-29(21-37)24-9-7-23(8-10-24)28-18-34-35(2)19-28/h5-12,15,17-19,29H,3-4,13-14,16,20-21H2,1-2H3. The molecule has 7 nitrogen and oxygen atoms in total. The summed E-state index contributed by atoms with van der Waals surface area (Å²) >= 11 is 0. The van der Waals surface area contributed by atoms with E-state index in [9.17, 15) is 9.59 Å². The maximum atomic E-state index is 13.2. The molecule has 198 valence electrons. The molecular formula is C32H33N5O2. The van der Waals surface area contributed by atoms with Crippen molar-refractivity contribution in [2.75, 3.05) is 31.1 Å². The number of rotatable bonds is 7. The predicted molar refractivity (Wildman–Crippen MR) is 152 cm³/mol. The summed E-state index contributed by atoms with van der Waals surface area (Å²) in [6.07, 6.45) is 8.19. The molecule has 0 unspecified atom stereocenters. The number of amides is 1. The van der Waals surface area contributed by atoms with Gasteiger partial charge in [-0.3, -0.25) is 14.3 Å². The van der Waals surface area contributed by atoms with E-state index in [-0.39, 0.29) is 18.1 Å². The second-order valence-corrected chi connectivity index (χ2v) is 10.8. The van der Waals surface area contributed by atoms with Gasteiger partial charge in [-0.25, -0.2) is 4.98 Å². The van der Waals surface area contributed by atoms with Crippen LogP contribution in [0.5, 0.6) is 0 Å². The van der Waals surface area contributed by atoms with Crippen LogP contribution in [0, 0.1) is 6.92 Å². The summed E-state index contributed by atoms with van der Waals surface area (Å²) in [5, 5.41) is 4.24. The van der Waals surface area contributed by atoms with Crippen LogP contribution in [0.25, 0.3) is 11.1 Å². The van der Waals surface area contributed by atoms with Crippen LogP contribution in [0.15, 0.2) is 73.2 Å². The molecule has 0 N–H and O–H groups in total. The molecule has 0 radical (unpaired) electrons. The fraction of sp³-hybridized carbons (Fsp3) is 0.312. The zero-order valence-corrected chi connectivity index (χ0v) is 22.5. The van der Waals surface area contributed by atoms with Crippen molar-refractivity contribution < 1.29 is 9.59 Å². The number of hydrogen-bond acceptors (Lipinski definition) is 5. The highest BCUT2D eigenvalue weighted by Crippen LogP contribution is 2.30. The molecule has 2 fully saturated rings. The van der Waals surface area contributed by atoms with Crippen molar-refractivity contribution in [1.29, 1.82) is 0 Å². The summed E-state index contributed by atoms with van der Waals surface area (Å²) in [4.78, 5) is 35.0. The third-order valence-electron chi connectivity index (χ3n) is 8.04. The molecule has 0 aliphatic carbocycles. The van der Waals surface area contributed by atoms with Crippen molar-refractivity contribution >= 4 is 17.5 Å². The zero-order chi connectivity index (χ0) is 26.9. The first-order valence-corrected chi connectivity index (χ1v) is 13.7. The van der Waals surface area contributed by atoms with Crippen molar-refractivity contribution in [2.24, 2.45) is 7.05 Å². The fourth-order valence-electron chi connectivity index (χ4n) is 5.51. The summed E-state index contributed by atoms with van der Waals surface area (Å²) in [5.41, 5.74) is 6.61. The number of aryl methyl sites for hydroxylation is 2. The molecule has 0 saturated carbocycles. The number of carbonyl (C=O) groups is 2. The molecule has 0 bridgehead atoms. The van der Waals surface area contributed by atoms with Gasteiger partial charge in [0.05, 0.1) is 6.20 Å². The van der Waals surface area contributed by atoms with Crippen LogP contribution in [0.4, 0.5) is 5.82 Å². The fourth-order valence-corrected chi connectivity index (χ4v) is 5.51. The molecule has 0 atom stereocenters. The Bertz CT molecular complexity index is 1490. The van der Waals surface area contributed by atoms with Crippen molar-refractivity contribution in [3.63, 3.8) is 0 Å². The molecule has 1 amide bonds. The van der Waals surface area contributed by atoms with Crippen molar-refractivity contribution in [1.82, 2.24) is 19.7 Å². The van der Waals surface area contributed by atoms with Crippen LogP contribution < -0.4 is 4.90 Å². The molecule has 4 aromatic rings. The first kappa shape index (κ1) is 25.0. The number of nitrogens with zero attached hydrogens (tertiary/aromatic N) is 5. The molecule has 2 aromatic carbocycles. The summed E-state index contributed by atoms with van der Waals surface area (Å²) in [5.74, 6) is 1.30. The minimum absolute atomic E-state index is 0.0157. The number of benzene rings is 2. The van der Waals surface area contributed by atoms with Gasteiger partial charge in [0.15, 0.2) is 5.78 Å². The molecule has 4 heterocycles. The lowest BCUT2D eigenvalue weighted by Gasteiger charge is -2.39. The summed E-state index contributed by atoms with van der Waals surface area (Å²) < 4.78 is 1.80. The lowest BCUT2D eigenvalue weighted by molar-refractivity contribution is 0.0602. The molecule has 7 heteroatoms. The number of likely N-dealkylation sites (tertiary alicyclic amines) is 1. The normalized spacial score (nSPS) is 15.4. The quantitative estimate of drug-likeness (QED) is 0.320. The van der Waals surface area contributed by atoms with E-state index in [2.05, 4.69) is 39.2 Å². The summed E-state index contributed by atoms with van der Waals surface area (Å²) in [7, 11) is 1.91. The van der Waals surface area contributed by atoms with Gasteiger partial charge in [-0.15, -0.1) is 0 Å². The predicted octanol–water partition coefficient (Wildman–Crippen LogP) is 5.06. The maximum absolute atomic E-state index is 13.2. The Hall–Kier alpha value is -4.26. The van der Waals surface area contributed by atoms with Crippen LogP contribution >= 0.6 is 0 Å². The molecular weight excluding hydrogens is 486 g/mol. The van der Waals surface area contributed by atoms with Gasteiger partial charge in [-0.1, -0.05) is 30.3 Å². The van der Waals surface area contributed by atoms with E-state index in [1.807, 2.05) is 61.6 Å². The van der Waals surface area contributed by atoms with E-state index in [1.54, 1.807) is 10.9 Å². The van der Waals surface area contributed by atoms with Gasteiger partial charge in [-0.2, -0.15) is 5.10 Å². The van der Waals surface area contributed by atoms with Crippen molar-refractivity contribution in [2.45, 2.75) is 32.1 Å². The number of hydrogen-bond donors (Lipinski definition) is 0. The van der Waals surface area contributed by atoms with Crippen molar-refractivity contribution in [3.05, 3.63) is 101 Å². The Morgan fingerprint density at radius 3 is 2.31 bits per heavy atom. The molecule has 0 spiro atoms. The van der Waals surface area contributed by atoms with E-state index in [1.165, 1.54) is 18.4 Å². The van der Waals surface area contributed by atoms with Crippen LogP contribution in [0.1, 0.15) is 56.2 Å². The average Bonchev–Trinajstić information content (AvgIpc) is 3.62. The Morgan fingerprint density at radius 1 is 0.897 bits per heavy atom. The molecule has 2 aliphatic heterocycles. The van der Waals surface area contributed by atoms with E-state index in [4.69, 9.17) is 0 Å². The molecule has 2 saturated heterocycles. The van der Waals surface area contributed by atoms with Crippen LogP contribution in [0.3, 0.4) is 0 Å². The number of ketones is 1. The SMILES string of the molecule is Cc1ccc(C(=O)N2CC(c3ccc(-c4cnn(C)c4)cc3)C2)cc1CC(=O)c1ccc(N2CCCC2)nc1. The smallest absolute Gasteiger partial charge is 0.253 e. The molecule has 2 aliphatic rings. The Labute approximate surface area is 229 Å². The zero-order valence-electron chi connectivity index (χ0n) is 22.5. The second kappa shape index (κ2) is 10.5. The van der Waals surface area contributed by atoms with Gasteiger partial charge < -0.3 is 9.80 Å². The summed E-state index contributed by atoms with van der Waals surface area (Å²) in [6, 6.07) is 18.1. The van der Waals surface area contributed by atoms with Gasteiger partial charge >= 0.3 is 0 Å². The van der Waals surface area contributed by atoms with E-state index in [0.29, 0.717) is 30.1 Å². The largest absolute Gasteiger partial charge is 0.357 e. The summed E-state index contributed by atoms with van der Waals surface area (Å²) in [6.45, 7) is 5.43. The highest BCUT2D eigenvalue weighted by Gasteiger charge is 2.32. The molecule has 2 aromatic heterocycles. The van der Waals surface area contributed by atoms with Gasteiger partial charge in [0.2, 0.25) is 0 Å². The number of anilines is 1. The Kier molecular flexibility index (Phi) is 6.73. The Morgan fingerprint density at radius 2 is 1.64 bits per heavy atom. The third-order valence-corrected chi connectivity index (χ3v) is 8.04.